The average molecular weight is 216 g/mol. The van der Waals surface area contributed by atoms with Gasteiger partial charge in [-0.1, -0.05) is 18.5 Å². The maximum absolute atomic E-state index is 13.3. The summed E-state index contributed by atoms with van der Waals surface area (Å²) in [5.74, 6) is 0.0176. The number of benzene rings is 1. The first-order valence-electron chi connectivity index (χ1n) is 4.72. The van der Waals surface area contributed by atoms with Crippen molar-refractivity contribution in [1.82, 2.24) is 0 Å². The van der Waals surface area contributed by atoms with E-state index < -0.39 is 0 Å². The molecule has 0 aliphatic carbocycles. The van der Waals surface area contributed by atoms with Gasteiger partial charge in [-0.3, -0.25) is 0 Å². The minimum atomic E-state index is -0.239. The molecule has 1 nitrogen and oxygen atoms in total. The monoisotopic (exact) mass is 215 g/mol. The Balaban J connectivity index is 3.00. The average Bonchev–Trinajstić information content (AvgIpc) is 2.13. The highest BCUT2D eigenvalue weighted by Gasteiger charge is 2.10. The lowest BCUT2D eigenvalue weighted by atomic mass is 9.97. The van der Waals surface area contributed by atoms with E-state index in [4.69, 9.17) is 17.3 Å². The van der Waals surface area contributed by atoms with Gasteiger partial charge in [0.05, 0.1) is 0 Å². The molecule has 0 heterocycles. The first kappa shape index (κ1) is 11.5. The summed E-state index contributed by atoms with van der Waals surface area (Å²) in [6, 6.07) is 3.36. The van der Waals surface area contributed by atoms with Crippen LogP contribution in [0.15, 0.2) is 12.1 Å². The van der Waals surface area contributed by atoms with E-state index in [1.807, 2.05) is 13.0 Å². The van der Waals surface area contributed by atoms with Gasteiger partial charge in [-0.25, -0.2) is 4.39 Å². The summed E-state index contributed by atoms with van der Waals surface area (Å²) in [5, 5.41) is 0.490. The smallest absolute Gasteiger partial charge is 0.127 e. The Labute approximate surface area is 89.1 Å². The van der Waals surface area contributed by atoms with Crippen LogP contribution in [0.3, 0.4) is 0 Å². The molecule has 1 aromatic rings. The number of hydrogen-bond donors (Lipinski definition) is 1. The predicted molar refractivity (Wildman–Crippen MR) is 58.2 cm³/mol. The van der Waals surface area contributed by atoms with Crippen LogP contribution in [0, 0.1) is 12.7 Å². The fraction of sp³-hybridized carbons (Fsp3) is 0.455. The van der Waals surface area contributed by atoms with Crippen molar-refractivity contribution in [3.8, 4) is 0 Å². The zero-order valence-electron chi connectivity index (χ0n) is 8.48. The fourth-order valence-electron chi connectivity index (χ4n) is 1.37. The highest BCUT2D eigenvalue weighted by Crippen LogP contribution is 2.26. The molecule has 0 amide bonds. The van der Waals surface area contributed by atoms with Gasteiger partial charge in [0.1, 0.15) is 5.82 Å². The summed E-state index contributed by atoms with van der Waals surface area (Å²) in [6.45, 7) is 4.30. The lowest BCUT2D eigenvalue weighted by Gasteiger charge is -2.12. The van der Waals surface area contributed by atoms with E-state index in [2.05, 4.69) is 0 Å². The van der Waals surface area contributed by atoms with Gasteiger partial charge in [0.2, 0.25) is 0 Å². The Morgan fingerprint density at radius 3 is 2.64 bits per heavy atom. The van der Waals surface area contributed by atoms with Crippen molar-refractivity contribution in [3.63, 3.8) is 0 Å². The molecule has 0 fully saturated rings. The van der Waals surface area contributed by atoms with Crippen LogP contribution in [0.25, 0.3) is 0 Å². The molecular formula is C11H15ClFN. The van der Waals surface area contributed by atoms with Gasteiger partial charge in [0, 0.05) is 10.6 Å². The van der Waals surface area contributed by atoms with E-state index in [0.717, 1.165) is 12.0 Å². The third-order valence-corrected chi connectivity index (χ3v) is 2.86. The van der Waals surface area contributed by atoms with Crippen LogP contribution >= 0.6 is 11.6 Å². The van der Waals surface area contributed by atoms with Crippen molar-refractivity contribution in [1.29, 1.82) is 0 Å². The molecule has 1 atom stereocenters. The highest BCUT2D eigenvalue weighted by molar-refractivity contribution is 6.31. The zero-order valence-corrected chi connectivity index (χ0v) is 9.24. The van der Waals surface area contributed by atoms with Crippen LogP contribution in [-0.4, -0.2) is 6.54 Å². The molecule has 1 aromatic carbocycles. The first-order valence-corrected chi connectivity index (χ1v) is 5.09. The maximum Gasteiger partial charge on any atom is 0.127 e. The van der Waals surface area contributed by atoms with Gasteiger partial charge in [-0.2, -0.15) is 0 Å². The summed E-state index contributed by atoms with van der Waals surface area (Å²) < 4.78 is 13.3. The SMILES string of the molecule is Cc1c(F)cc(C(C)CCN)cc1Cl. The van der Waals surface area contributed by atoms with E-state index in [0.29, 0.717) is 17.1 Å². The van der Waals surface area contributed by atoms with Crippen LogP contribution in [0.1, 0.15) is 30.4 Å². The lowest BCUT2D eigenvalue weighted by Crippen LogP contribution is -2.05. The van der Waals surface area contributed by atoms with Gasteiger partial charge in [-0.15, -0.1) is 0 Å². The molecular weight excluding hydrogens is 201 g/mol. The number of nitrogens with two attached hydrogens (primary N) is 1. The fourth-order valence-corrected chi connectivity index (χ4v) is 1.58. The third-order valence-electron chi connectivity index (χ3n) is 2.47. The number of halogens is 2. The van der Waals surface area contributed by atoms with Crippen molar-refractivity contribution in [3.05, 3.63) is 34.1 Å². The molecule has 0 saturated heterocycles. The summed E-state index contributed by atoms with van der Waals surface area (Å²) in [5.41, 5.74) is 6.88. The van der Waals surface area contributed by atoms with E-state index in [1.54, 1.807) is 13.0 Å². The summed E-state index contributed by atoms with van der Waals surface area (Å²) in [6.07, 6.45) is 0.846. The Kier molecular flexibility index (Phi) is 3.90. The van der Waals surface area contributed by atoms with Gasteiger partial charge < -0.3 is 5.73 Å². The quantitative estimate of drug-likeness (QED) is 0.823. The molecule has 0 aliphatic heterocycles. The molecule has 1 rings (SSSR count). The van der Waals surface area contributed by atoms with Gasteiger partial charge in [0.25, 0.3) is 0 Å². The largest absolute Gasteiger partial charge is 0.330 e. The topological polar surface area (TPSA) is 26.0 Å². The molecule has 3 heteroatoms. The molecule has 2 N–H and O–H groups in total. The first-order chi connectivity index (χ1) is 6.56. The molecule has 14 heavy (non-hydrogen) atoms. The molecule has 0 saturated carbocycles. The molecule has 0 aromatic heterocycles. The van der Waals surface area contributed by atoms with Crippen molar-refractivity contribution in [2.24, 2.45) is 5.73 Å². The highest BCUT2D eigenvalue weighted by atomic mass is 35.5. The Morgan fingerprint density at radius 1 is 1.50 bits per heavy atom. The Bertz CT molecular complexity index is 302. The Morgan fingerprint density at radius 2 is 2.14 bits per heavy atom. The standard InChI is InChI=1S/C11H15ClFN/c1-7(3-4-14)9-5-10(12)8(2)11(13)6-9/h5-7H,3-4,14H2,1-2H3. The van der Waals surface area contributed by atoms with Crippen LogP contribution in [0.5, 0.6) is 0 Å². The van der Waals surface area contributed by atoms with Gasteiger partial charge in [-0.05, 0) is 43.5 Å². The van der Waals surface area contributed by atoms with Crippen molar-refractivity contribution >= 4 is 11.6 Å². The minimum absolute atomic E-state index is 0.239. The second-order valence-electron chi connectivity index (χ2n) is 3.59. The molecule has 78 valence electrons. The van der Waals surface area contributed by atoms with Crippen LogP contribution < -0.4 is 5.73 Å². The third kappa shape index (κ3) is 2.46. The normalized spacial score (nSPS) is 12.9. The van der Waals surface area contributed by atoms with E-state index in [-0.39, 0.29) is 11.7 Å². The van der Waals surface area contributed by atoms with Crippen molar-refractivity contribution < 1.29 is 4.39 Å². The summed E-state index contributed by atoms with van der Waals surface area (Å²) in [4.78, 5) is 0. The molecule has 0 bridgehead atoms. The lowest BCUT2D eigenvalue weighted by molar-refractivity contribution is 0.608. The maximum atomic E-state index is 13.3. The predicted octanol–water partition coefficient (Wildman–Crippen LogP) is 3.24. The number of rotatable bonds is 3. The minimum Gasteiger partial charge on any atom is -0.330 e. The van der Waals surface area contributed by atoms with Gasteiger partial charge >= 0.3 is 0 Å². The summed E-state index contributed by atoms with van der Waals surface area (Å²) >= 11 is 5.89. The van der Waals surface area contributed by atoms with E-state index >= 15 is 0 Å². The van der Waals surface area contributed by atoms with Gasteiger partial charge in [0.15, 0.2) is 0 Å². The van der Waals surface area contributed by atoms with Crippen LogP contribution in [0.2, 0.25) is 5.02 Å². The van der Waals surface area contributed by atoms with Crippen molar-refractivity contribution in [2.45, 2.75) is 26.2 Å². The Hall–Kier alpha value is -0.600. The van der Waals surface area contributed by atoms with E-state index in [1.165, 1.54) is 0 Å². The second-order valence-corrected chi connectivity index (χ2v) is 4.00. The molecule has 0 aliphatic rings. The van der Waals surface area contributed by atoms with Crippen LogP contribution in [0.4, 0.5) is 4.39 Å². The van der Waals surface area contributed by atoms with Crippen LogP contribution in [-0.2, 0) is 0 Å². The second kappa shape index (κ2) is 4.76. The zero-order chi connectivity index (χ0) is 10.7. The van der Waals surface area contributed by atoms with Crippen molar-refractivity contribution in [2.75, 3.05) is 6.54 Å². The van der Waals surface area contributed by atoms with E-state index in [9.17, 15) is 4.39 Å². The molecule has 0 spiro atoms. The molecule has 0 radical (unpaired) electrons. The number of hydrogen-bond acceptors (Lipinski definition) is 1. The summed E-state index contributed by atoms with van der Waals surface area (Å²) in [7, 11) is 0. The molecule has 1 unspecified atom stereocenters.